The fraction of sp³-hybridized carbons (Fsp3) is 0.286. The quantitative estimate of drug-likeness (QED) is 0.607. The molecule has 112 valence electrons. The molecule has 7 heteroatoms. The van der Waals surface area contributed by atoms with E-state index in [0.29, 0.717) is 33.2 Å². The van der Waals surface area contributed by atoms with Gasteiger partial charge in [0.2, 0.25) is 5.88 Å². The molecule has 0 bridgehead atoms. The summed E-state index contributed by atoms with van der Waals surface area (Å²) in [5.41, 5.74) is 0.844. The number of halogens is 3. The lowest BCUT2D eigenvalue weighted by Crippen LogP contribution is -2.14. The third-order valence-corrected chi connectivity index (χ3v) is 3.62. The molecule has 1 heterocycles. The summed E-state index contributed by atoms with van der Waals surface area (Å²) in [6.45, 7) is 3.73. The zero-order valence-electron chi connectivity index (χ0n) is 11.4. The summed E-state index contributed by atoms with van der Waals surface area (Å²) in [6, 6.07) is 3.07. The van der Waals surface area contributed by atoms with E-state index in [9.17, 15) is 0 Å². The number of benzene rings is 1. The van der Waals surface area contributed by atoms with E-state index < -0.39 is 0 Å². The summed E-state index contributed by atoms with van der Waals surface area (Å²) in [7, 11) is 0. The normalized spacial score (nSPS) is 10.7. The van der Waals surface area contributed by atoms with E-state index in [4.69, 9.17) is 39.5 Å². The molecule has 21 heavy (non-hydrogen) atoms. The topological polar surface area (TPSA) is 47.0 Å². The lowest BCUT2D eigenvalue weighted by molar-refractivity contribution is 0.459. The van der Waals surface area contributed by atoms with Crippen LogP contribution < -0.4 is 10.1 Å². The van der Waals surface area contributed by atoms with Crippen molar-refractivity contribution in [3.8, 4) is 11.6 Å². The number of rotatable bonds is 6. The van der Waals surface area contributed by atoms with Gasteiger partial charge >= 0.3 is 0 Å². The first kappa shape index (κ1) is 16.3. The van der Waals surface area contributed by atoms with Gasteiger partial charge in [-0.15, -0.1) is 0 Å². The van der Waals surface area contributed by atoms with Crippen LogP contribution in [0.2, 0.25) is 15.1 Å². The SMILES string of the molecule is CCCNCc1cnc(Oc2cc(Cl)c(Cl)cc2Cl)cn1. The minimum Gasteiger partial charge on any atom is -0.436 e. The molecule has 1 aromatic carbocycles. The molecule has 1 N–H and O–H groups in total. The van der Waals surface area contributed by atoms with Gasteiger partial charge in [-0.3, -0.25) is 4.98 Å². The molecule has 0 fully saturated rings. The monoisotopic (exact) mass is 345 g/mol. The molecule has 0 unspecified atom stereocenters. The molecular weight excluding hydrogens is 333 g/mol. The van der Waals surface area contributed by atoms with Gasteiger partial charge in [0.15, 0.2) is 0 Å². The maximum atomic E-state index is 6.04. The molecule has 0 amide bonds. The standard InChI is InChI=1S/C14H14Cl3N3O/c1-2-3-18-6-9-7-20-14(8-19-9)21-13-5-11(16)10(15)4-12(13)17/h4-5,7-8,18H,2-3,6H2,1H3. The predicted octanol–water partition coefficient (Wildman–Crippen LogP) is 4.73. The predicted molar refractivity (Wildman–Crippen MR) is 85.6 cm³/mol. The molecular formula is C14H14Cl3N3O. The molecule has 0 aliphatic heterocycles. The second-order valence-corrected chi connectivity index (χ2v) is 5.54. The zero-order valence-corrected chi connectivity index (χ0v) is 13.6. The molecule has 0 atom stereocenters. The van der Waals surface area contributed by atoms with E-state index in [1.165, 1.54) is 6.07 Å². The Morgan fingerprint density at radius 2 is 1.81 bits per heavy atom. The highest BCUT2D eigenvalue weighted by molar-refractivity contribution is 6.43. The summed E-state index contributed by atoms with van der Waals surface area (Å²) >= 11 is 17.8. The van der Waals surface area contributed by atoms with Crippen molar-refractivity contribution in [1.29, 1.82) is 0 Å². The van der Waals surface area contributed by atoms with E-state index in [2.05, 4.69) is 22.2 Å². The van der Waals surface area contributed by atoms with Crippen molar-refractivity contribution in [1.82, 2.24) is 15.3 Å². The number of hydrogen-bond donors (Lipinski definition) is 1. The first-order valence-electron chi connectivity index (χ1n) is 6.44. The van der Waals surface area contributed by atoms with E-state index in [1.54, 1.807) is 18.5 Å². The minimum atomic E-state index is 0.342. The maximum Gasteiger partial charge on any atom is 0.237 e. The van der Waals surface area contributed by atoms with Crippen LogP contribution in [0.25, 0.3) is 0 Å². The third kappa shape index (κ3) is 4.71. The van der Waals surface area contributed by atoms with Crippen LogP contribution in [-0.2, 0) is 6.54 Å². The summed E-state index contributed by atoms with van der Waals surface area (Å²) in [6.07, 6.45) is 4.27. The van der Waals surface area contributed by atoms with Gasteiger partial charge in [-0.2, -0.15) is 0 Å². The lowest BCUT2D eigenvalue weighted by Gasteiger charge is -2.08. The van der Waals surface area contributed by atoms with Crippen LogP contribution in [0.4, 0.5) is 0 Å². The molecule has 0 aliphatic carbocycles. The maximum absolute atomic E-state index is 6.04. The highest BCUT2D eigenvalue weighted by Gasteiger charge is 2.09. The molecule has 2 rings (SSSR count). The third-order valence-electron chi connectivity index (χ3n) is 2.60. The van der Waals surface area contributed by atoms with Gasteiger partial charge in [-0.1, -0.05) is 41.7 Å². The molecule has 4 nitrogen and oxygen atoms in total. The van der Waals surface area contributed by atoms with E-state index in [0.717, 1.165) is 18.7 Å². The summed E-state index contributed by atoms with van der Waals surface area (Å²) in [4.78, 5) is 8.45. The summed E-state index contributed by atoms with van der Waals surface area (Å²) < 4.78 is 5.56. The second-order valence-electron chi connectivity index (χ2n) is 4.32. The van der Waals surface area contributed by atoms with Crippen LogP contribution in [0.3, 0.4) is 0 Å². The Bertz CT molecular complexity index is 605. The van der Waals surface area contributed by atoms with E-state index in [-0.39, 0.29) is 0 Å². The fourth-order valence-corrected chi connectivity index (χ4v) is 2.15. The number of nitrogens with one attached hydrogen (secondary N) is 1. The molecule has 0 radical (unpaired) electrons. The van der Waals surface area contributed by atoms with E-state index in [1.807, 2.05) is 0 Å². The van der Waals surface area contributed by atoms with Gasteiger partial charge in [0.1, 0.15) is 5.75 Å². The van der Waals surface area contributed by atoms with Crippen LogP contribution in [-0.4, -0.2) is 16.5 Å². The Kier molecular flexibility index (Phi) is 6.06. The summed E-state index contributed by atoms with van der Waals surface area (Å²) in [5, 5.41) is 4.35. The number of aromatic nitrogens is 2. The van der Waals surface area contributed by atoms with Gasteiger partial charge in [0.05, 0.1) is 33.2 Å². The average molecular weight is 347 g/mol. The summed E-state index contributed by atoms with van der Waals surface area (Å²) in [5.74, 6) is 0.728. The van der Waals surface area contributed by atoms with Crippen molar-refractivity contribution in [2.45, 2.75) is 19.9 Å². The molecule has 0 spiro atoms. The average Bonchev–Trinajstić information content (AvgIpc) is 2.47. The van der Waals surface area contributed by atoms with Gasteiger partial charge in [-0.05, 0) is 19.0 Å². The van der Waals surface area contributed by atoms with Crippen molar-refractivity contribution >= 4 is 34.8 Å². The van der Waals surface area contributed by atoms with Crippen LogP contribution in [0.1, 0.15) is 19.0 Å². The first-order valence-corrected chi connectivity index (χ1v) is 7.57. The van der Waals surface area contributed by atoms with Crippen molar-refractivity contribution in [3.05, 3.63) is 45.3 Å². The Labute approximate surface area is 138 Å². The highest BCUT2D eigenvalue weighted by Crippen LogP contribution is 2.35. The molecule has 0 saturated heterocycles. The molecule has 0 aliphatic rings. The second kappa shape index (κ2) is 7.80. The Hall–Kier alpha value is -1.07. The van der Waals surface area contributed by atoms with Crippen molar-refractivity contribution in [2.24, 2.45) is 0 Å². The zero-order chi connectivity index (χ0) is 15.2. The largest absolute Gasteiger partial charge is 0.436 e. The number of nitrogens with zero attached hydrogens (tertiary/aromatic N) is 2. The Balaban J connectivity index is 2.05. The smallest absolute Gasteiger partial charge is 0.237 e. The van der Waals surface area contributed by atoms with Crippen LogP contribution in [0.5, 0.6) is 11.6 Å². The van der Waals surface area contributed by atoms with Gasteiger partial charge in [-0.25, -0.2) is 4.98 Å². The Morgan fingerprint density at radius 3 is 2.48 bits per heavy atom. The van der Waals surface area contributed by atoms with Crippen LogP contribution >= 0.6 is 34.8 Å². The van der Waals surface area contributed by atoms with Gasteiger partial charge in [0.25, 0.3) is 0 Å². The van der Waals surface area contributed by atoms with Gasteiger partial charge in [0, 0.05) is 12.6 Å². The molecule has 0 saturated carbocycles. The number of ether oxygens (including phenoxy) is 1. The Morgan fingerprint density at radius 1 is 1.05 bits per heavy atom. The highest BCUT2D eigenvalue weighted by atomic mass is 35.5. The van der Waals surface area contributed by atoms with Crippen molar-refractivity contribution in [3.63, 3.8) is 0 Å². The lowest BCUT2D eigenvalue weighted by atomic mass is 10.3. The number of hydrogen-bond acceptors (Lipinski definition) is 4. The van der Waals surface area contributed by atoms with Gasteiger partial charge < -0.3 is 10.1 Å². The molecule has 1 aromatic heterocycles. The molecule has 2 aromatic rings. The van der Waals surface area contributed by atoms with Crippen LogP contribution in [0.15, 0.2) is 24.5 Å². The van der Waals surface area contributed by atoms with Crippen molar-refractivity contribution < 1.29 is 4.74 Å². The minimum absolute atomic E-state index is 0.342. The van der Waals surface area contributed by atoms with Crippen LogP contribution in [0, 0.1) is 0 Å². The first-order chi connectivity index (χ1) is 10.1. The van der Waals surface area contributed by atoms with Crippen molar-refractivity contribution in [2.75, 3.05) is 6.54 Å². The van der Waals surface area contributed by atoms with E-state index >= 15 is 0 Å². The fourth-order valence-electron chi connectivity index (χ4n) is 1.58.